The summed E-state index contributed by atoms with van der Waals surface area (Å²) in [5.74, 6) is -1.46. The first-order valence-electron chi connectivity index (χ1n) is 9.27. The number of aryl methyl sites for hydroxylation is 1. The van der Waals surface area contributed by atoms with Gasteiger partial charge in [-0.05, 0) is 30.7 Å². The molecule has 3 rings (SSSR count). The lowest BCUT2D eigenvalue weighted by Gasteiger charge is -2.16. The van der Waals surface area contributed by atoms with Crippen molar-refractivity contribution in [2.75, 3.05) is 11.9 Å². The van der Waals surface area contributed by atoms with Crippen molar-refractivity contribution in [3.63, 3.8) is 0 Å². The Labute approximate surface area is 168 Å². The van der Waals surface area contributed by atoms with E-state index in [1.54, 1.807) is 18.3 Å². The van der Waals surface area contributed by atoms with E-state index in [1.165, 1.54) is 6.92 Å². The number of fused-ring (bicyclic) bond motifs is 1. The van der Waals surface area contributed by atoms with Gasteiger partial charge < -0.3 is 20.4 Å². The number of carbonyl (C=O) groups is 3. The summed E-state index contributed by atoms with van der Waals surface area (Å²) in [4.78, 5) is 39.3. The van der Waals surface area contributed by atoms with Crippen LogP contribution in [-0.4, -0.2) is 35.4 Å². The van der Waals surface area contributed by atoms with Crippen molar-refractivity contribution in [3.05, 3.63) is 65.9 Å². The molecule has 3 N–H and O–H groups in total. The molecular weight excluding hydrogens is 370 g/mol. The van der Waals surface area contributed by atoms with Gasteiger partial charge in [0.15, 0.2) is 6.61 Å². The maximum atomic E-state index is 12.5. The number of anilines is 1. The van der Waals surface area contributed by atoms with Crippen LogP contribution in [0.5, 0.6) is 0 Å². The van der Waals surface area contributed by atoms with Gasteiger partial charge in [-0.25, -0.2) is 4.79 Å². The molecule has 0 aliphatic heterocycles. The van der Waals surface area contributed by atoms with E-state index in [4.69, 9.17) is 4.74 Å². The number of ether oxygens (including phenoxy) is 1. The second-order valence-corrected chi connectivity index (χ2v) is 6.84. The summed E-state index contributed by atoms with van der Waals surface area (Å²) < 4.78 is 5.15. The highest BCUT2D eigenvalue weighted by Crippen LogP contribution is 2.19. The average Bonchev–Trinajstić information content (AvgIpc) is 3.10. The van der Waals surface area contributed by atoms with Gasteiger partial charge in [0.1, 0.15) is 6.04 Å². The quantitative estimate of drug-likeness (QED) is 0.537. The van der Waals surface area contributed by atoms with Gasteiger partial charge in [0, 0.05) is 36.1 Å². The van der Waals surface area contributed by atoms with E-state index in [0.717, 1.165) is 22.0 Å². The number of aromatic amines is 1. The van der Waals surface area contributed by atoms with Crippen molar-refractivity contribution in [2.45, 2.75) is 26.3 Å². The van der Waals surface area contributed by atoms with E-state index < -0.39 is 24.5 Å². The van der Waals surface area contributed by atoms with E-state index in [1.807, 2.05) is 43.3 Å². The van der Waals surface area contributed by atoms with Gasteiger partial charge in [0.2, 0.25) is 5.91 Å². The molecule has 0 radical (unpaired) electrons. The Kier molecular flexibility index (Phi) is 6.29. The predicted octanol–water partition coefficient (Wildman–Crippen LogP) is 2.71. The molecule has 0 fully saturated rings. The molecule has 150 valence electrons. The lowest BCUT2D eigenvalue weighted by molar-refractivity contribution is -0.150. The van der Waals surface area contributed by atoms with E-state index >= 15 is 0 Å². The second-order valence-electron chi connectivity index (χ2n) is 6.84. The zero-order valence-corrected chi connectivity index (χ0v) is 16.3. The molecule has 1 aromatic heterocycles. The fourth-order valence-corrected chi connectivity index (χ4v) is 3.03. The third-order valence-corrected chi connectivity index (χ3v) is 4.44. The number of H-pyrrole nitrogens is 1. The van der Waals surface area contributed by atoms with E-state index in [9.17, 15) is 14.4 Å². The van der Waals surface area contributed by atoms with Crippen molar-refractivity contribution in [1.82, 2.24) is 10.3 Å². The van der Waals surface area contributed by atoms with Gasteiger partial charge in [-0.3, -0.25) is 9.59 Å². The molecule has 1 heterocycles. The number of carbonyl (C=O) groups excluding carboxylic acids is 3. The van der Waals surface area contributed by atoms with Crippen molar-refractivity contribution in [2.24, 2.45) is 0 Å². The molecule has 7 nitrogen and oxygen atoms in total. The number of nitrogens with one attached hydrogen (secondary N) is 3. The predicted molar refractivity (Wildman–Crippen MR) is 110 cm³/mol. The van der Waals surface area contributed by atoms with Gasteiger partial charge in [-0.1, -0.05) is 35.9 Å². The molecule has 0 unspecified atom stereocenters. The smallest absolute Gasteiger partial charge is 0.329 e. The number of rotatable bonds is 7. The normalized spacial score (nSPS) is 11.7. The molecule has 0 aliphatic carbocycles. The van der Waals surface area contributed by atoms with E-state index in [-0.39, 0.29) is 12.3 Å². The standard InChI is InChI=1S/C22H23N3O4/c1-14-7-9-17(10-8-14)25-21(27)13-29-22(28)20(24-15(2)26)11-16-12-23-19-6-4-3-5-18(16)19/h3-10,12,20,23H,11,13H2,1-2H3,(H,24,26)(H,25,27)/t20-/m0/s1. The van der Waals surface area contributed by atoms with Crippen LogP contribution >= 0.6 is 0 Å². The highest BCUT2D eigenvalue weighted by atomic mass is 16.5. The maximum Gasteiger partial charge on any atom is 0.329 e. The molecule has 2 aromatic carbocycles. The molecule has 1 atom stereocenters. The number of aromatic nitrogens is 1. The number of amides is 2. The molecule has 0 aliphatic rings. The van der Waals surface area contributed by atoms with Crippen LogP contribution in [0.4, 0.5) is 5.69 Å². The summed E-state index contributed by atoms with van der Waals surface area (Å²) in [6.07, 6.45) is 2.05. The summed E-state index contributed by atoms with van der Waals surface area (Å²) >= 11 is 0. The van der Waals surface area contributed by atoms with Gasteiger partial charge in [0.05, 0.1) is 0 Å². The molecule has 3 aromatic rings. The number of benzene rings is 2. The SMILES string of the molecule is CC(=O)N[C@@H](Cc1c[nH]c2ccccc12)C(=O)OCC(=O)Nc1ccc(C)cc1. The Hall–Kier alpha value is -3.61. The fraction of sp³-hybridized carbons (Fsp3) is 0.227. The van der Waals surface area contributed by atoms with Gasteiger partial charge >= 0.3 is 5.97 Å². The molecule has 29 heavy (non-hydrogen) atoms. The van der Waals surface area contributed by atoms with Crippen LogP contribution in [-0.2, 0) is 25.5 Å². The van der Waals surface area contributed by atoms with Crippen molar-refractivity contribution >= 4 is 34.4 Å². The van der Waals surface area contributed by atoms with Gasteiger partial charge in [-0.15, -0.1) is 0 Å². The van der Waals surface area contributed by atoms with Crippen LogP contribution in [0, 0.1) is 6.92 Å². The lowest BCUT2D eigenvalue weighted by atomic mass is 10.0. The lowest BCUT2D eigenvalue weighted by Crippen LogP contribution is -2.43. The van der Waals surface area contributed by atoms with Crippen LogP contribution in [0.1, 0.15) is 18.1 Å². The Morgan fingerprint density at radius 2 is 1.79 bits per heavy atom. The minimum absolute atomic E-state index is 0.252. The zero-order chi connectivity index (χ0) is 20.8. The second kappa shape index (κ2) is 9.05. The first-order valence-corrected chi connectivity index (χ1v) is 9.27. The summed E-state index contributed by atoms with van der Waals surface area (Å²) in [6.45, 7) is 2.85. The molecule has 2 amide bonds. The Morgan fingerprint density at radius 1 is 1.07 bits per heavy atom. The van der Waals surface area contributed by atoms with Gasteiger partial charge in [0.25, 0.3) is 5.91 Å². The number of hydrogen-bond acceptors (Lipinski definition) is 4. The molecule has 0 saturated heterocycles. The Bertz CT molecular complexity index is 1020. The van der Waals surface area contributed by atoms with Crippen LogP contribution in [0.2, 0.25) is 0 Å². The minimum Gasteiger partial charge on any atom is -0.454 e. The number of para-hydroxylation sites is 1. The molecular formula is C22H23N3O4. The van der Waals surface area contributed by atoms with Crippen LogP contribution in [0.25, 0.3) is 10.9 Å². The fourth-order valence-electron chi connectivity index (χ4n) is 3.03. The van der Waals surface area contributed by atoms with Crippen molar-refractivity contribution < 1.29 is 19.1 Å². The summed E-state index contributed by atoms with van der Waals surface area (Å²) in [7, 11) is 0. The zero-order valence-electron chi connectivity index (χ0n) is 16.3. The largest absolute Gasteiger partial charge is 0.454 e. The minimum atomic E-state index is -0.890. The molecule has 0 bridgehead atoms. The monoisotopic (exact) mass is 393 g/mol. The first kappa shape index (κ1) is 20.1. The van der Waals surface area contributed by atoms with E-state index in [2.05, 4.69) is 15.6 Å². The molecule has 0 saturated carbocycles. The topological polar surface area (TPSA) is 100 Å². The highest BCUT2D eigenvalue weighted by molar-refractivity contribution is 5.93. The Morgan fingerprint density at radius 3 is 2.52 bits per heavy atom. The summed E-state index contributed by atoms with van der Waals surface area (Å²) in [5.41, 5.74) is 3.51. The third-order valence-electron chi connectivity index (χ3n) is 4.44. The number of esters is 1. The van der Waals surface area contributed by atoms with E-state index in [0.29, 0.717) is 5.69 Å². The van der Waals surface area contributed by atoms with Crippen molar-refractivity contribution in [3.8, 4) is 0 Å². The van der Waals surface area contributed by atoms with Crippen LogP contribution in [0.3, 0.4) is 0 Å². The molecule has 7 heteroatoms. The highest BCUT2D eigenvalue weighted by Gasteiger charge is 2.23. The summed E-state index contributed by atoms with van der Waals surface area (Å²) in [6, 6.07) is 14.1. The third kappa shape index (κ3) is 5.44. The maximum absolute atomic E-state index is 12.5. The van der Waals surface area contributed by atoms with Crippen LogP contribution < -0.4 is 10.6 Å². The van der Waals surface area contributed by atoms with Gasteiger partial charge in [-0.2, -0.15) is 0 Å². The molecule has 0 spiro atoms. The average molecular weight is 393 g/mol. The Balaban J connectivity index is 1.62. The summed E-state index contributed by atoms with van der Waals surface area (Å²) in [5, 5.41) is 6.23. The van der Waals surface area contributed by atoms with Crippen molar-refractivity contribution in [1.29, 1.82) is 0 Å². The first-order chi connectivity index (χ1) is 13.9. The number of hydrogen-bond donors (Lipinski definition) is 3. The van der Waals surface area contributed by atoms with Crippen LogP contribution in [0.15, 0.2) is 54.7 Å².